The van der Waals surface area contributed by atoms with Crippen LogP contribution in [0.25, 0.3) is 0 Å². The molecule has 1 unspecified atom stereocenters. The van der Waals surface area contributed by atoms with Crippen molar-refractivity contribution in [3.8, 4) is 0 Å². The molecule has 428 valence electrons. The molecule has 0 aliphatic heterocycles. The maximum Gasteiger partial charge on any atom is 0.306 e. The molecule has 76 heavy (non-hydrogen) atoms. The molecule has 0 bridgehead atoms. The first-order valence-corrected chi connectivity index (χ1v) is 30.8. The van der Waals surface area contributed by atoms with E-state index in [0.29, 0.717) is 19.3 Å². The zero-order chi connectivity index (χ0) is 55.0. The van der Waals surface area contributed by atoms with Gasteiger partial charge in [-0.2, -0.15) is 0 Å². The smallest absolute Gasteiger partial charge is 0.306 e. The zero-order valence-corrected chi connectivity index (χ0v) is 49.0. The molecule has 0 aliphatic rings. The molecule has 0 aromatic rings. The number of allylic oxidation sites excluding steroid dienone is 24. The Labute approximate surface area is 467 Å². The highest BCUT2D eigenvalue weighted by Gasteiger charge is 2.19. The molecule has 1 atom stereocenters. The van der Waals surface area contributed by atoms with Crippen molar-refractivity contribution >= 4 is 17.9 Å². The lowest BCUT2D eigenvalue weighted by atomic mass is 10.0. The highest BCUT2D eigenvalue weighted by Crippen LogP contribution is 2.15. The normalized spacial score (nSPS) is 13.1. The fourth-order valence-corrected chi connectivity index (χ4v) is 8.06. The number of carbonyl (C=O) groups is 3. The quantitative estimate of drug-likeness (QED) is 0.0261. The fourth-order valence-electron chi connectivity index (χ4n) is 8.06. The lowest BCUT2D eigenvalue weighted by Gasteiger charge is -2.18. The number of hydrogen-bond donors (Lipinski definition) is 0. The van der Waals surface area contributed by atoms with Crippen molar-refractivity contribution in [1.82, 2.24) is 0 Å². The van der Waals surface area contributed by atoms with Crippen LogP contribution in [-0.4, -0.2) is 37.2 Å². The van der Waals surface area contributed by atoms with Crippen LogP contribution >= 0.6 is 0 Å². The fraction of sp³-hybridized carbons (Fsp3) is 0.614. The highest BCUT2D eigenvalue weighted by molar-refractivity contribution is 5.71. The third kappa shape index (κ3) is 60.2. The van der Waals surface area contributed by atoms with Crippen LogP contribution in [0.1, 0.15) is 258 Å². The third-order valence-corrected chi connectivity index (χ3v) is 12.6. The zero-order valence-electron chi connectivity index (χ0n) is 49.0. The number of esters is 3. The molecule has 0 fully saturated rings. The summed E-state index contributed by atoms with van der Waals surface area (Å²) in [6, 6.07) is 0. The van der Waals surface area contributed by atoms with Gasteiger partial charge >= 0.3 is 17.9 Å². The second-order valence-electron chi connectivity index (χ2n) is 19.9. The molecule has 0 amide bonds. The molecule has 0 aliphatic carbocycles. The average molecular weight is 1050 g/mol. The molecule has 0 rings (SSSR count). The molecule has 0 heterocycles. The van der Waals surface area contributed by atoms with Crippen molar-refractivity contribution in [2.24, 2.45) is 0 Å². The summed E-state index contributed by atoms with van der Waals surface area (Å²) in [7, 11) is 0. The topological polar surface area (TPSA) is 78.9 Å². The van der Waals surface area contributed by atoms with Crippen LogP contribution in [0.4, 0.5) is 0 Å². The summed E-state index contributed by atoms with van der Waals surface area (Å²) < 4.78 is 16.8. The summed E-state index contributed by atoms with van der Waals surface area (Å²) in [5.74, 6) is -1.01. The summed E-state index contributed by atoms with van der Waals surface area (Å²) in [4.78, 5) is 38.1. The largest absolute Gasteiger partial charge is 0.462 e. The summed E-state index contributed by atoms with van der Waals surface area (Å²) in [6.45, 7) is 6.33. The summed E-state index contributed by atoms with van der Waals surface area (Å²) in [5, 5.41) is 0. The van der Waals surface area contributed by atoms with Gasteiger partial charge in [-0.05, 0) is 109 Å². The number of rotatable bonds is 54. The van der Waals surface area contributed by atoms with Gasteiger partial charge in [-0.1, -0.05) is 276 Å². The summed E-state index contributed by atoms with van der Waals surface area (Å²) in [5.41, 5.74) is 0. The van der Waals surface area contributed by atoms with E-state index in [9.17, 15) is 14.4 Å². The van der Waals surface area contributed by atoms with Gasteiger partial charge in [0, 0.05) is 19.3 Å². The molecular formula is C70H112O6. The third-order valence-electron chi connectivity index (χ3n) is 12.6. The standard InChI is InChI=1S/C70H112O6/c1-4-7-10-13-16-19-22-25-27-28-29-30-31-32-33-34-35-36-37-38-39-40-41-42-43-46-48-51-54-57-60-63-69(72)75-66-67(65-74-68(71)62-59-56-53-50-47-44-24-21-18-15-12-9-6-3)76-70(73)64-61-58-55-52-49-45-26-23-20-17-14-11-8-5-2/h7,9-10,12,16,18-19,21,25,27,29-30,32-33,35-36,38-39,41-42,44,47,53,56,67H,4-6,8,11,13-15,17,20,22-24,26,28,31,34,37,40,43,45-46,48-52,54-55,57-66H2,1-3H3/b10-7-,12-9-,19-16-,21-18-,27-25-,30-29-,33-32-,36-35-,39-38-,42-41-,47-44-,56-53-. The van der Waals surface area contributed by atoms with E-state index in [1.54, 1.807) is 0 Å². The summed E-state index contributed by atoms with van der Waals surface area (Å²) in [6.07, 6.45) is 90.1. The van der Waals surface area contributed by atoms with Crippen molar-refractivity contribution in [2.45, 2.75) is 264 Å². The van der Waals surface area contributed by atoms with Gasteiger partial charge in [-0.15, -0.1) is 0 Å². The van der Waals surface area contributed by atoms with Crippen LogP contribution < -0.4 is 0 Å². The van der Waals surface area contributed by atoms with E-state index < -0.39 is 6.10 Å². The van der Waals surface area contributed by atoms with Crippen molar-refractivity contribution in [1.29, 1.82) is 0 Å². The maximum absolute atomic E-state index is 12.9. The minimum Gasteiger partial charge on any atom is -0.462 e. The molecule has 0 aromatic carbocycles. The molecule has 6 heteroatoms. The Balaban J connectivity index is 4.35. The van der Waals surface area contributed by atoms with Gasteiger partial charge in [-0.25, -0.2) is 0 Å². The van der Waals surface area contributed by atoms with Gasteiger partial charge in [0.25, 0.3) is 0 Å². The first-order valence-electron chi connectivity index (χ1n) is 30.8. The van der Waals surface area contributed by atoms with E-state index in [1.807, 2.05) is 6.08 Å². The molecule has 0 saturated carbocycles. The van der Waals surface area contributed by atoms with Gasteiger partial charge in [0.15, 0.2) is 6.10 Å². The van der Waals surface area contributed by atoms with Gasteiger partial charge in [0.05, 0.1) is 0 Å². The van der Waals surface area contributed by atoms with Crippen LogP contribution in [-0.2, 0) is 28.6 Å². The Morgan fingerprint density at radius 3 is 0.882 bits per heavy atom. The van der Waals surface area contributed by atoms with E-state index in [4.69, 9.17) is 14.2 Å². The van der Waals surface area contributed by atoms with Gasteiger partial charge < -0.3 is 14.2 Å². The lowest BCUT2D eigenvalue weighted by Crippen LogP contribution is -2.30. The van der Waals surface area contributed by atoms with Crippen LogP contribution in [0.2, 0.25) is 0 Å². The Kier molecular flexibility index (Phi) is 58.9. The molecule has 0 spiro atoms. The second kappa shape index (κ2) is 62.8. The van der Waals surface area contributed by atoms with Gasteiger partial charge in [0.2, 0.25) is 0 Å². The molecular weight excluding hydrogens is 937 g/mol. The predicted molar refractivity (Wildman–Crippen MR) is 329 cm³/mol. The van der Waals surface area contributed by atoms with Crippen molar-refractivity contribution in [3.05, 3.63) is 146 Å². The Bertz CT molecular complexity index is 1680. The minimum atomic E-state index is -0.817. The van der Waals surface area contributed by atoms with Crippen LogP contribution in [0.15, 0.2) is 146 Å². The first-order chi connectivity index (χ1) is 37.5. The Hall–Kier alpha value is -4.71. The number of unbranched alkanes of at least 4 members (excludes halogenated alkanes) is 19. The first kappa shape index (κ1) is 71.3. The molecule has 0 N–H and O–H groups in total. The van der Waals surface area contributed by atoms with Gasteiger partial charge in [-0.3, -0.25) is 14.4 Å². The van der Waals surface area contributed by atoms with E-state index in [2.05, 4.69) is 161 Å². The molecule has 0 aromatic heterocycles. The van der Waals surface area contributed by atoms with Crippen LogP contribution in [0, 0.1) is 0 Å². The van der Waals surface area contributed by atoms with Crippen molar-refractivity contribution in [2.75, 3.05) is 13.2 Å². The number of hydrogen-bond acceptors (Lipinski definition) is 6. The van der Waals surface area contributed by atoms with E-state index in [0.717, 1.165) is 128 Å². The van der Waals surface area contributed by atoms with Crippen LogP contribution in [0.5, 0.6) is 0 Å². The average Bonchev–Trinajstić information content (AvgIpc) is 3.42. The monoisotopic (exact) mass is 1050 g/mol. The molecule has 0 saturated heterocycles. The summed E-state index contributed by atoms with van der Waals surface area (Å²) >= 11 is 0. The maximum atomic E-state index is 12.9. The SMILES string of the molecule is CC/C=C\C/C=C\C/C=C\C/C=C\C/C=C\C/C=C\C/C=C\C/C=C\CCCCCCCCC(=O)OCC(COC(=O)CC/C=C\C/C=C\C/C=C\C/C=C\CC)OC(=O)CCCCCCCCCCCCCCCC. The number of carbonyl (C=O) groups excluding carboxylic acids is 3. The van der Waals surface area contributed by atoms with Crippen LogP contribution in [0.3, 0.4) is 0 Å². The van der Waals surface area contributed by atoms with E-state index in [-0.39, 0.29) is 37.5 Å². The van der Waals surface area contributed by atoms with E-state index >= 15 is 0 Å². The van der Waals surface area contributed by atoms with Gasteiger partial charge in [0.1, 0.15) is 13.2 Å². The van der Waals surface area contributed by atoms with Crippen molar-refractivity contribution in [3.63, 3.8) is 0 Å². The highest BCUT2D eigenvalue weighted by atomic mass is 16.6. The van der Waals surface area contributed by atoms with Crippen molar-refractivity contribution < 1.29 is 28.6 Å². The Morgan fingerprint density at radius 2 is 0.539 bits per heavy atom. The minimum absolute atomic E-state index is 0.111. The molecule has 6 nitrogen and oxygen atoms in total. The Morgan fingerprint density at radius 1 is 0.276 bits per heavy atom. The number of ether oxygens (including phenoxy) is 3. The lowest BCUT2D eigenvalue weighted by molar-refractivity contribution is -0.166. The van der Waals surface area contributed by atoms with E-state index in [1.165, 1.54) is 83.5 Å². The predicted octanol–water partition coefficient (Wildman–Crippen LogP) is 21.2. The second-order valence-corrected chi connectivity index (χ2v) is 19.9. The molecule has 0 radical (unpaired) electrons.